The first-order valence-corrected chi connectivity index (χ1v) is 14.2. The van der Waals surface area contributed by atoms with Gasteiger partial charge in [-0.1, -0.05) is 23.9 Å². The van der Waals surface area contributed by atoms with Crippen LogP contribution in [-0.2, 0) is 18.0 Å². The molecule has 1 spiro atoms. The van der Waals surface area contributed by atoms with E-state index in [1.54, 1.807) is 28.8 Å². The number of hydrogen-bond acceptors (Lipinski definition) is 6. The lowest BCUT2D eigenvalue weighted by molar-refractivity contribution is -0.137. The number of hydrogen-bond donors (Lipinski definition) is 0. The van der Waals surface area contributed by atoms with Crippen molar-refractivity contribution in [3.63, 3.8) is 0 Å². The van der Waals surface area contributed by atoms with E-state index in [9.17, 15) is 18.0 Å². The van der Waals surface area contributed by atoms with Gasteiger partial charge in [0, 0.05) is 32.4 Å². The Morgan fingerprint density at radius 1 is 1.16 bits per heavy atom. The van der Waals surface area contributed by atoms with Gasteiger partial charge in [0.05, 0.1) is 11.5 Å². The maximum absolute atomic E-state index is 12.9. The fraction of sp³-hybridized carbons (Fsp3) is 0.667. The number of nitrogens with zero attached hydrogens (tertiary/aromatic N) is 5. The zero-order valence-electron chi connectivity index (χ0n) is 22.4. The summed E-state index contributed by atoms with van der Waals surface area (Å²) in [6, 6.07) is 5.75. The third kappa shape index (κ3) is 5.83. The molecule has 3 aliphatic rings. The molecule has 0 radical (unpaired) electrons. The Morgan fingerprint density at radius 3 is 2.53 bits per heavy atom. The largest absolute Gasteiger partial charge is 0.444 e. The second-order valence-corrected chi connectivity index (χ2v) is 13.0. The average molecular weight is 552 g/mol. The van der Waals surface area contributed by atoms with Crippen LogP contribution in [0.25, 0.3) is 0 Å². The number of rotatable bonds is 7. The molecule has 0 N–H and O–H groups in total. The van der Waals surface area contributed by atoms with Gasteiger partial charge in [-0.25, -0.2) is 4.79 Å². The van der Waals surface area contributed by atoms with Crippen molar-refractivity contribution in [1.29, 1.82) is 0 Å². The van der Waals surface area contributed by atoms with E-state index in [4.69, 9.17) is 4.74 Å². The molecular formula is C27H36F3N5O2S. The molecule has 2 atom stereocenters. The number of carbonyl (C=O) groups excluding carboxylic acids is 1. The summed E-state index contributed by atoms with van der Waals surface area (Å²) in [5, 5.41) is 9.65. The van der Waals surface area contributed by atoms with Crippen molar-refractivity contribution in [1.82, 2.24) is 24.6 Å². The highest BCUT2D eigenvalue weighted by atomic mass is 32.2. The van der Waals surface area contributed by atoms with E-state index < -0.39 is 17.3 Å². The van der Waals surface area contributed by atoms with Gasteiger partial charge in [-0.3, -0.25) is 0 Å². The van der Waals surface area contributed by atoms with Gasteiger partial charge in [0.15, 0.2) is 5.16 Å². The molecule has 1 saturated carbocycles. The number of aromatic nitrogens is 3. The summed E-state index contributed by atoms with van der Waals surface area (Å²) in [5.41, 5.74) is 0.196. The molecule has 11 heteroatoms. The Morgan fingerprint density at radius 2 is 1.87 bits per heavy atom. The van der Waals surface area contributed by atoms with Crippen LogP contribution in [0.1, 0.15) is 68.8 Å². The molecule has 1 aromatic heterocycles. The summed E-state index contributed by atoms with van der Waals surface area (Å²) in [6.45, 7) is 9.85. The maximum atomic E-state index is 12.9. The van der Waals surface area contributed by atoms with Crippen LogP contribution in [0.15, 0.2) is 29.4 Å². The normalized spacial score (nSPS) is 24.2. The number of halogens is 3. The predicted molar refractivity (Wildman–Crippen MR) is 139 cm³/mol. The zero-order valence-corrected chi connectivity index (χ0v) is 23.2. The summed E-state index contributed by atoms with van der Waals surface area (Å²) in [4.78, 5) is 16.4. The molecule has 38 heavy (non-hydrogen) atoms. The minimum absolute atomic E-state index is 0.173. The van der Waals surface area contributed by atoms with Gasteiger partial charge in [0.2, 0.25) is 0 Å². The summed E-state index contributed by atoms with van der Waals surface area (Å²) < 4.78 is 46.1. The quantitative estimate of drug-likeness (QED) is 0.333. The van der Waals surface area contributed by atoms with E-state index in [1.807, 2.05) is 32.4 Å². The van der Waals surface area contributed by atoms with Gasteiger partial charge in [-0.05, 0) is 82.2 Å². The first-order valence-electron chi connectivity index (χ1n) is 13.2. The van der Waals surface area contributed by atoms with Gasteiger partial charge >= 0.3 is 12.3 Å². The Balaban J connectivity index is 1.03. The SMILES string of the molecule is Cn1c(SCCCN2CC[C@]3(CC3c3ccc(C(F)(F)F)cc3)C2)nnc1C1CN(C(=O)OC(C)(C)C)C1. The van der Waals surface area contributed by atoms with Crippen molar-refractivity contribution < 1.29 is 22.7 Å². The van der Waals surface area contributed by atoms with E-state index >= 15 is 0 Å². The minimum atomic E-state index is -4.28. The van der Waals surface area contributed by atoms with Crippen molar-refractivity contribution in [3.8, 4) is 0 Å². The lowest BCUT2D eigenvalue weighted by Gasteiger charge is -2.39. The molecule has 3 heterocycles. The molecule has 0 bridgehead atoms. The second kappa shape index (κ2) is 10.0. The number of amides is 1. The molecule has 2 saturated heterocycles. The molecule has 1 amide bonds. The van der Waals surface area contributed by atoms with Crippen molar-refractivity contribution in [2.45, 2.75) is 68.8 Å². The van der Waals surface area contributed by atoms with Crippen LogP contribution in [0.2, 0.25) is 0 Å². The first-order chi connectivity index (χ1) is 17.8. The topological polar surface area (TPSA) is 63.5 Å². The highest BCUT2D eigenvalue weighted by Gasteiger charge is 2.57. The molecule has 1 aromatic carbocycles. The Bertz CT molecular complexity index is 1160. The third-order valence-electron chi connectivity index (χ3n) is 7.91. The first kappa shape index (κ1) is 27.3. The Kier molecular flexibility index (Phi) is 7.21. The molecule has 2 aliphatic heterocycles. The molecule has 3 fully saturated rings. The molecule has 5 rings (SSSR count). The number of ether oxygens (including phenoxy) is 1. The van der Waals surface area contributed by atoms with Crippen LogP contribution >= 0.6 is 11.8 Å². The lowest BCUT2D eigenvalue weighted by atomic mass is 9.97. The molecular weight excluding hydrogens is 515 g/mol. The van der Waals surface area contributed by atoms with E-state index in [2.05, 4.69) is 15.1 Å². The van der Waals surface area contributed by atoms with Crippen LogP contribution in [0.3, 0.4) is 0 Å². The average Bonchev–Trinajstić information content (AvgIpc) is 3.15. The van der Waals surface area contributed by atoms with Gasteiger partial charge in [-0.2, -0.15) is 13.2 Å². The van der Waals surface area contributed by atoms with Crippen LogP contribution in [0.4, 0.5) is 18.0 Å². The van der Waals surface area contributed by atoms with Crippen molar-refractivity contribution in [2.24, 2.45) is 12.5 Å². The van der Waals surface area contributed by atoms with Gasteiger partial charge in [0.25, 0.3) is 0 Å². The predicted octanol–water partition coefficient (Wildman–Crippen LogP) is 5.53. The summed E-state index contributed by atoms with van der Waals surface area (Å²) >= 11 is 1.70. The molecule has 1 unspecified atom stereocenters. The second-order valence-electron chi connectivity index (χ2n) is 11.9. The number of carbonyl (C=O) groups is 1. The minimum Gasteiger partial charge on any atom is -0.444 e. The van der Waals surface area contributed by atoms with Crippen LogP contribution in [0.5, 0.6) is 0 Å². The number of alkyl halides is 3. The van der Waals surface area contributed by atoms with E-state index in [1.165, 1.54) is 12.1 Å². The summed E-state index contributed by atoms with van der Waals surface area (Å²) in [7, 11) is 1.98. The number of likely N-dealkylation sites (tertiary alicyclic amines) is 2. The van der Waals surface area contributed by atoms with Crippen molar-refractivity contribution >= 4 is 17.9 Å². The van der Waals surface area contributed by atoms with E-state index in [0.717, 1.165) is 61.2 Å². The Labute approximate surface area is 226 Å². The van der Waals surface area contributed by atoms with E-state index in [-0.39, 0.29) is 17.4 Å². The fourth-order valence-electron chi connectivity index (χ4n) is 5.73. The highest BCUT2D eigenvalue weighted by molar-refractivity contribution is 7.99. The van der Waals surface area contributed by atoms with Gasteiger partial charge in [0.1, 0.15) is 11.4 Å². The van der Waals surface area contributed by atoms with E-state index in [0.29, 0.717) is 19.0 Å². The molecule has 208 valence electrons. The summed E-state index contributed by atoms with van der Waals surface area (Å²) in [5.74, 6) is 2.38. The number of benzene rings is 1. The van der Waals surface area contributed by atoms with Gasteiger partial charge in [-0.15, -0.1) is 10.2 Å². The van der Waals surface area contributed by atoms with Gasteiger partial charge < -0.3 is 19.1 Å². The van der Waals surface area contributed by atoms with Crippen LogP contribution < -0.4 is 0 Å². The standard InChI is InChI=1S/C27H36F3N5O2S/c1-25(2,3)37-24(36)35-15-19(16-35)22-31-32-23(33(22)4)38-13-5-11-34-12-10-26(17-34)14-21(26)18-6-8-20(9-7-18)27(28,29)30/h6-9,19,21H,5,10-17H2,1-4H3/t21?,26-/m0/s1. The highest BCUT2D eigenvalue weighted by Crippen LogP contribution is 2.64. The lowest BCUT2D eigenvalue weighted by Crippen LogP contribution is -2.50. The Hall–Kier alpha value is -2.27. The van der Waals surface area contributed by atoms with Crippen LogP contribution in [-0.4, -0.2) is 74.7 Å². The van der Waals surface area contributed by atoms with Crippen LogP contribution in [0, 0.1) is 5.41 Å². The monoisotopic (exact) mass is 551 g/mol. The molecule has 1 aliphatic carbocycles. The molecule has 7 nitrogen and oxygen atoms in total. The fourth-order valence-corrected chi connectivity index (χ4v) is 6.57. The summed E-state index contributed by atoms with van der Waals surface area (Å²) in [6.07, 6.45) is -1.36. The smallest absolute Gasteiger partial charge is 0.416 e. The van der Waals surface area contributed by atoms with Crippen molar-refractivity contribution in [3.05, 3.63) is 41.2 Å². The molecule has 2 aromatic rings. The maximum Gasteiger partial charge on any atom is 0.416 e. The number of thioether (sulfide) groups is 1. The third-order valence-corrected chi connectivity index (χ3v) is 9.02. The van der Waals surface area contributed by atoms with Crippen molar-refractivity contribution in [2.75, 3.05) is 38.5 Å². The zero-order chi connectivity index (χ0) is 27.3.